The van der Waals surface area contributed by atoms with E-state index >= 15 is 0 Å². The maximum atomic E-state index is 12.3. The number of nitrogens with one attached hydrogen (secondary N) is 2. The van der Waals surface area contributed by atoms with Crippen LogP contribution in [0.1, 0.15) is 25.8 Å². The van der Waals surface area contributed by atoms with Crippen LogP contribution in [-0.4, -0.2) is 66.7 Å². The second kappa shape index (κ2) is 12.0. The van der Waals surface area contributed by atoms with Crippen molar-refractivity contribution in [3.63, 3.8) is 0 Å². The predicted octanol–water partition coefficient (Wildman–Crippen LogP) is 5.94. The Balaban J connectivity index is 1.50. The van der Waals surface area contributed by atoms with Gasteiger partial charge >= 0.3 is 0 Å². The van der Waals surface area contributed by atoms with Crippen LogP contribution in [0.15, 0.2) is 67.5 Å². The van der Waals surface area contributed by atoms with Crippen LogP contribution < -0.4 is 20.3 Å². The van der Waals surface area contributed by atoms with Gasteiger partial charge in [0.2, 0.25) is 11.9 Å². The Bertz CT molecular complexity index is 1560. The van der Waals surface area contributed by atoms with Crippen LogP contribution in [0.4, 0.5) is 23.0 Å². The fraction of sp³-hybridized carbons (Fsp3) is 0.344. The highest BCUT2D eigenvalue weighted by molar-refractivity contribution is 6.02. The standard InChI is InChI=1S/C32H39N7O2/c1-7-31(40)34-26-18-27(30(41-6)19-29(26)38(5)17-16-37(3)4)36-32-33-15-14-25(35-32)24-20-39(21(2)22-12-13-22)28-11-9-8-10-23(24)28/h7-11,14-15,18-22H,1,12-13,16-17H2,2-6H3,(H,34,40)(H,33,35,36)/t21-/m0/s1. The first-order valence-corrected chi connectivity index (χ1v) is 14.0. The number of ether oxygens (including phenoxy) is 1. The Kier molecular flexibility index (Phi) is 8.26. The number of likely N-dealkylation sites (N-methyl/N-ethyl adjacent to an activating group) is 2. The number of methoxy groups -OCH3 is 1. The molecule has 9 heteroatoms. The number of rotatable bonds is 12. The van der Waals surface area contributed by atoms with Crippen LogP contribution in [0, 0.1) is 5.92 Å². The van der Waals surface area contributed by atoms with Crippen molar-refractivity contribution in [1.82, 2.24) is 19.4 Å². The SMILES string of the molecule is C=CC(=O)Nc1cc(Nc2nccc(-c3cn([C@@H](C)C4CC4)c4ccccc34)n2)c(OC)cc1N(C)CCN(C)C. The van der Waals surface area contributed by atoms with Crippen LogP contribution in [0.2, 0.25) is 0 Å². The van der Waals surface area contributed by atoms with E-state index in [0.717, 1.165) is 36.0 Å². The highest BCUT2D eigenvalue weighted by atomic mass is 16.5. The fourth-order valence-corrected chi connectivity index (χ4v) is 5.15. The van der Waals surface area contributed by atoms with Crippen LogP contribution in [0.5, 0.6) is 5.75 Å². The molecule has 2 heterocycles. The molecule has 41 heavy (non-hydrogen) atoms. The van der Waals surface area contributed by atoms with Gasteiger partial charge in [0, 0.05) is 61.1 Å². The first-order chi connectivity index (χ1) is 19.8. The lowest BCUT2D eigenvalue weighted by Crippen LogP contribution is -2.29. The van der Waals surface area contributed by atoms with Crippen molar-refractivity contribution < 1.29 is 9.53 Å². The normalized spacial score (nSPS) is 13.7. The van der Waals surface area contributed by atoms with E-state index in [1.54, 1.807) is 13.3 Å². The van der Waals surface area contributed by atoms with Gasteiger partial charge in [0.15, 0.2) is 0 Å². The lowest BCUT2D eigenvalue weighted by atomic mass is 10.1. The van der Waals surface area contributed by atoms with Gasteiger partial charge in [-0.15, -0.1) is 0 Å². The minimum atomic E-state index is -0.293. The molecule has 2 aromatic carbocycles. The summed E-state index contributed by atoms with van der Waals surface area (Å²) >= 11 is 0. The van der Waals surface area contributed by atoms with Crippen molar-refractivity contribution in [3.05, 3.63) is 67.5 Å². The average molecular weight is 554 g/mol. The number of carbonyl (C=O) groups excluding carboxylic acids is 1. The summed E-state index contributed by atoms with van der Waals surface area (Å²) in [4.78, 5) is 25.9. The van der Waals surface area contributed by atoms with Crippen molar-refractivity contribution in [2.75, 3.05) is 56.9 Å². The Morgan fingerprint density at radius 2 is 1.95 bits per heavy atom. The highest BCUT2D eigenvalue weighted by Crippen LogP contribution is 2.43. The van der Waals surface area contributed by atoms with Gasteiger partial charge in [0.25, 0.3) is 0 Å². The summed E-state index contributed by atoms with van der Waals surface area (Å²) < 4.78 is 8.15. The third kappa shape index (κ3) is 6.20. The van der Waals surface area contributed by atoms with E-state index in [0.29, 0.717) is 29.1 Å². The summed E-state index contributed by atoms with van der Waals surface area (Å²) in [5, 5.41) is 7.44. The topological polar surface area (TPSA) is 87.5 Å². The lowest BCUT2D eigenvalue weighted by molar-refractivity contribution is -0.111. The average Bonchev–Trinajstić information content (AvgIpc) is 3.76. The first-order valence-electron chi connectivity index (χ1n) is 14.0. The molecule has 214 valence electrons. The zero-order valence-corrected chi connectivity index (χ0v) is 24.5. The number of fused-ring (bicyclic) bond motifs is 1. The van der Waals surface area contributed by atoms with Gasteiger partial charge in [-0.3, -0.25) is 4.79 Å². The zero-order chi connectivity index (χ0) is 29.1. The quantitative estimate of drug-likeness (QED) is 0.210. The summed E-state index contributed by atoms with van der Waals surface area (Å²) in [6.07, 6.45) is 7.81. The van der Waals surface area contributed by atoms with Crippen molar-refractivity contribution in [3.8, 4) is 17.0 Å². The molecule has 0 unspecified atom stereocenters. The number of benzene rings is 2. The summed E-state index contributed by atoms with van der Waals surface area (Å²) in [6, 6.07) is 14.6. The second-order valence-corrected chi connectivity index (χ2v) is 10.9. The third-order valence-corrected chi connectivity index (χ3v) is 7.72. The molecule has 1 aliphatic rings. The van der Waals surface area contributed by atoms with Crippen molar-refractivity contribution in [2.45, 2.75) is 25.8 Å². The molecule has 9 nitrogen and oxygen atoms in total. The number of aromatic nitrogens is 3. The molecule has 5 rings (SSSR count). The molecular weight excluding hydrogens is 514 g/mol. The largest absolute Gasteiger partial charge is 0.494 e. The van der Waals surface area contributed by atoms with Crippen molar-refractivity contribution in [2.24, 2.45) is 5.92 Å². The third-order valence-electron chi connectivity index (χ3n) is 7.72. The number of amides is 1. The van der Waals surface area contributed by atoms with E-state index in [1.165, 1.54) is 29.8 Å². The van der Waals surface area contributed by atoms with E-state index in [9.17, 15) is 4.79 Å². The number of anilines is 4. The summed E-state index contributed by atoms with van der Waals surface area (Å²) in [7, 11) is 7.67. The summed E-state index contributed by atoms with van der Waals surface area (Å²) in [5.41, 5.74) is 5.22. The van der Waals surface area contributed by atoms with E-state index < -0.39 is 0 Å². The van der Waals surface area contributed by atoms with E-state index in [2.05, 4.69) is 73.9 Å². The summed E-state index contributed by atoms with van der Waals surface area (Å²) in [5.74, 6) is 1.48. The number of carbonyl (C=O) groups is 1. The Morgan fingerprint density at radius 1 is 1.17 bits per heavy atom. The van der Waals surface area contributed by atoms with Crippen molar-refractivity contribution in [1.29, 1.82) is 0 Å². The molecule has 1 saturated carbocycles. The molecular formula is C32H39N7O2. The molecule has 2 aromatic heterocycles. The molecule has 1 atom stereocenters. The minimum absolute atomic E-state index is 0.293. The number of hydrogen-bond acceptors (Lipinski definition) is 7. The maximum absolute atomic E-state index is 12.3. The van der Waals surface area contributed by atoms with Gasteiger partial charge in [0.05, 0.1) is 29.9 Å². The number of para-hydroxylation sites is 1. The van der Waals surface area contributed by atoms with Crippen LogP contribution in [-0.2, 0) is 4.79 Å². The van der Waals surface area contributed by atoms with Gasteiger partial charge in [-0.1, -0.05) is 24.8 Å². The smallest absolute Gasteiger partial charge is 0.247 e. The highest BCUT2D eigenvalue weighted by Gasteiger charge is 2.30. The maximum Gasteiger partial charge on any atom is 0.247 e. The molecule has 4 aromatic rings. The van der Waals surface area contributed by atoms with Gasteiger partial charge in [-0.05, 0) is 64.1 Å². The van der Waals surface area contributed by atoms with Crippen LogP contribution >= 0.6 is 0 Å². The number of nitrogens with zero attached hydrogens (tertiary/aromatic N) is 5. The Hall–Kier alpha value is -4.37. The molecule has 0 aliphatic heterocycles. The second-order valence-electron chi connectivity index (χ2n) is 10.9. The van der Waals surface area contributed by atoms with E-state index in [4.69, 9.17) is 9.72 Å². The number of hydrogen-bond donors (Lipinski definition) is 2. The molecule has 0 radical (unpaired) electrons. The van der Waals surface area contributed by atoms with Gasteiger partial charge in [-0.2, -0.15) is 0 Å². The van der Waals surface area contributed by atoms with E-state index in [-0.39, 0.29) is 5.91 Å². The monoisotopic (exact) mass is 553 g/mol. The Labute approximate surface area is 241 Å². The van der Waals surface area contributed by atoms with Crippen LogP contribution in [0.25, 0.3) is 22.2 Å². The van der Waals surface area contributed by atoms with E-state index in [1.807, 2.05) is 39.3 Å². The molecule has 1 aliphatic carbocycles. The molecule has 0 saturated heterocycles. The van der Waals surface area contributed by atoms with Crippen LogP contribution in [0.3, 0.4) is 0 Å². The summed E-state index contributed by atoms with van der Waals surface area (Å²) in [6.45, 7) is 7.52. The Morgan fingerprint density at radius 3 is 2.66 bits per heavy atom. The predicted molar refractivity (Wildman–Crippen MR) is 167 cm³/mol. The molecule has 0 spiro atoms. The lowest BCUT2D eigenvalue weighted by Gasteiger charge is -2.26. The molecule has 1 fully saturated rings. The van der Waals surface area contributed by atoms with Crippen molar-refractivity contribution >= 4 is 39.8 Å². The molecule has 0 bridgehead atoms. The molecule has 2 N–H and O–H groups in total. The molecule has 1 amide bonds. The fourth-order valence-electron chi connectivity index (χ4n) is 5.15. The zero-order valence-electron chi connectivity index (χ0n) is 24.5. The van der Waals surface area contributed by atoms with Gasteiger partial charge in [-0.25, -0.2) is 9.97 Å². The minimum Gasteiger partial charge on any atom is -0.494 e. The first kappa shape index (κ1) is 28.2. The van der Waals surface area contributed by atoms with Gasteiger partial charge < -0.3 is 29.7 Å². The van der Waals surface area contributed by atoms with Gasteiger partial charge in [0.1, 0.15) is 5.75 Å².